The Bertz CT molecular complexity index is 257. The summed E-state index contributed by atoms with van der Waals surface area (Å²) in [4.78, 5) is 22.2. The summed E-state index contributed by atoms with van der Waals surface area (Å²) in [5.74, 6) is -1.80. The Morgan fingerprint density at radius 1 is 1.47 bits per heavy atom. The predicted molar refractivity (Wildman–Crippen MR) is 60.3 cm³/mol. The number of nitrogens with two attached hydrogens (primary N) is 1. The highest BCUT2D eigenvalue weighted by Gasteiger charge is 2.25. The van der Waals surface area contributed by atoms with Crippen LogP contribution in [0.2, 0.25) is 0 Å². The number of carboxylic acid groups (broad SMARTS) is 1. The van der Waals surface area contributed by atoms with Crippen LogP contribution >= 0.6 is 0 Å². The van der Waals surface area contributed by atoms with Crippen LogP contribution in [0.1, 0.15) is 20.3 Å². The van der Waals surface area contributed by atoms with Gasteiger partial charge < -0.3 is 26.0 Å². The molecule has 0 radical (unpaired) electrons. The molecule has 0 aliphatic rings. The highest BCUT2D eigenvalue weighted by molar-refractivity contribution is 5.84. The lowest BCUT2D eigenvalue weighted by molar-refractivity contribution is -0.145. The van der Waals surface area contributed by atoms with Gasteiger partial charge in [-0.15, -0.1) is 0 Å². The molecule has 3 atom stereocenters. The van der Waals surface area contributed by atoms with Crippen molar-refractivity contribution in [2.45, 2.75) is 38.5 Å². The molecule has 0 bridgehead atoms. The molecule has 1 amide bonds. The third-order valence-corrected chi connectivity index (χ3v) is 2.14. The molecule has 17 heavy (non-hydrogen) atoms. The van der Waals surface area contributed by atoms with Crippen molar-refractivity contribution in [1.29, 1.82) is 0 Å². The number of nitrogens with one attached hydrogen (secondary N) is 1. The zero-order valence-corrected chi connectivity index (χ0v) is 10.0. The van der Waals surface area contributed by atoms with Gasteiger partial charge in [0.05, 0.1) is 18.6 Å². The molecule has 7 nitrogen and oxygen atoms in total. The molecule has 0 aromatic carbocycles. The van der Waals surface area contributed by atoms with Crippen molar-refractivity contribution >= 4 is 11.9 Å². The van der Waals surface area contributed by atoms with Gasteiger partial charge in [0.25, 0.3) is 0 Å². The number of carbonyl (C=O) groups excluding carboxylic acids is 1. The maximum atomic E-state index is 11.5. The smallest absolute Gasteiger partial charge is 0.328 e. The molecule has 0 rings (SSSR count). The summed E-state index contributed by atoms with van der Waals surface area (Å²) in [6.45, 7) is 3.67. The number of hydrogen-bond acceptors (Lipinski definition) is 5. The molecule has 0 fully saturated rings. The first-order chi connectivity index (χ1) is 7.92. The monoisotopic (exact) mass is 248 g/mol. The molecule has 0 aliphatic carbocycles. The van der Waals surface area contributed by atoms with E-state index < -0.39 is 30.1 Å². The van der Waals surface area contributed by atoms with Crippen molar-refractivity contribution in [1.82, 2.24) is 5.32 Å². The lowest BCUT2D eigenvalue weighted by atomic mass is 10.1. The van der Waals surface area contributed by atoms with E-state index >= 15 is 0 Å². The van der Waals surface area contributed by atoms with Crippen LogP contribution in [0.3, 0.4) is 0 Å². The maximum Gasteiger partial charge on any atom is 0.328 e. The summed E-state index contributed by atoms with van der Waals surface area (Å²) in [7, 11) is 0. The number of aliphatic carboxylic acids is 1. The van der Waals surface area contributed by atoms with Gasteiger partial charge in [-0.3, -0.25) is 4.79 Å². The van der Waals surface area contributed by atoms with Crippen LogP contribution in [0, 0.1) is 0 Å². The fraction of sp³-hybridized carbons (Fsp3) is 0.800. The third-order valence-electron chi connectivity index (χ3n) is 2.14. The molecular weight excluding hydrogens is 228 g/mol. The Kier molecular flexibility index (Phi) is 7.44. The van der Waals surface area contributed by atoms with Crippen molar-refractivity contribution in [3.8, 4) is 0 Å². The average Bonchev–Trinajstić information content (AvgIpc) is 2.24. The van der Waals surface area contributed by atoms with Gasteiger partial charge in [-0.25, -0.2) is 4.79 Å². The summed E-state index contributed by atoms with van der Waals surface area (Å²) in [5.41, 5.74) is 5.39. The van der Waals surface area contributed by atoms with Gasteiger partial charge in [0.2, 0.25) is 5.91 Å². The normalized spacial score (nSPS) is 16.0. The molecule has 0 spiro atoms. The van der Waals surface area contributed by atoms with Gasteiger partial charge in [-0.1, -0.05) is 0 Å². The van der Waals surface area contributed by atoms with Crippen LogP contribution in [-0.2, 0) is 14.3 Å². The molecule has 0 aromatic rings. The van der Waals surface area contributed by atoms with Crippen LogP contribution in [0.25, 0.3) is 0 Å². The summed E-state index contributed by atoms with van der Waals surface area (Å²) < 4.78 is 5.17. The minimum atomic E-state index is -1.32. The predicted octanol–water partition coefficient (Wildman–Crippen LogP) is -1.31. The van der Waals surface area contributed by atoms with Crippen LogP contribution < -0.4 is 11.1 Å². The van der Waals surface area contributed by atoms with Crippen molar-refractivity contribution in [2.24, 2.45) is 5.73 Å². The first-order valence-corrected chi connectivity index (χ1v) is 5.44. The van der Waals surface area contributed by atoms with Crippen molar-refractivity contribution in [2.75, 3.05) is 13.2 Å². The first-order valence-electron chi connectivity index (χ1n) is 5.44. The number of aliphatic hydroxyl groups excluding tert-OH is 1. The second-order valence-corrected chi connectivity index (χ2v) is 3.64. The van der Waals surface area contributed by atoms with E-state index in [0.717, 1.165) is 0 Å². The second kappa shape index (κ2) is 7.99. The van der Waals surface area contributed by atoms with Gasteiger partial charge in [0, 0.05) is 13.2 Å². The van der Waals surface area contributed by atoms with E-state index in [2.05, 4.69) is 5.32 Å². The van der Waals surface area contributed by atoms with Crippen molar-refractivity contribution in [3.63, 3.8) is 0 Å². The molecule has 0 saturated carbocycles. The number of rotatable bonds is 8. The zero-order valence-electron chi connectivity index (χ0n) is 10.0. The average molecular weight is 248 g/mol. The highest BCUT2D eigenvalue weighted by Crippen LogP contribution is 1.99. The Morgan fingerprint density at radius 3 is 2.41 bits per heavy atom. The Hall–Kier alpha value is -1.18. The number of hydrogen-bond donors (Lipinski definition) is 4. The van der Waals surface area contributed by atoms with Crippen LogP contribution in [0.5, 0.6) is 0 Å². The van der Waals surface area contributed by atoms with E-state index in [1.54, 1.807) is 6.92 Å². The van der Waals surface area contributed by atoms with Crippen molar-refractivity contribution in [3.05, 3.63) is 0 Å². The number of aliphatic hydroxyl groups is 1. The third kappa shape index (κ3) is 6.20. The molecule has 0 aromatic heterocycles. The van der Waals surface area contributed by atoms with Crippen LogP contribution in [0.4, 0.5) is 0 Å². The van der Waals surface area contributed by atoms with E-state index in [0.29, 0.717) is 6.61 Å². The van der Waals surface area contributed by atoms with Gasteiger partial charge in [0.15, 0.2) is 6.04 Å². The molecule has 0 saturated heterocycles. The molecule has 5 N–H and O–H groups in total. The molecule has 1 unspecified atom stereocenters. The largest absolute Gasteiger partial charge is 0.480 e. The quantitative estimate of drug-likeness (QED) is 0.423. The molecule has 0 heterocycles. The summed E-state index contributed by atoms with van der Waals surface area (Å²) in [5, 5.41) is 20.1. The summed E-state index contributed by atoms with van der Waals surface area (Å²) in [6.07, 6.45) is -1.63. The number of carboxylic acids is 1. The number of ether oxygens (including phenoxy) is 1. The van der Waals surface area contributed by atoms with Crippen LogP contribution in [-0.4, -0.2) is 53.5 Å². The minimum Gasteiger partial charge on any atom is -0.480 e. The minimum absolute atomic E-state index is 0.0269. The number of carbonyl (C=O) groups is 2. The first kappa shape index (κ1) is 15.8. The standard InChI is InChI=1S/C10H20N2O5/c1-3-17-7(5-11)4-8(14)12-9(6(2)13)10(15)16/h6-7,9,13H,3-5,11H2,1-2H3,(H,12,14)(H,15,16)/t6-,7?,9+/m1/s1. The topological polar surface area (TPSA) is 122 Å². The highest BCUT2D eigenvalue weighted by atomic mass is 16.5. The summed E-state index contributed by atoms with van der Waals surface area (Å²) in [6, 6.07) is -1.32. The van der Waals surface area contributed by atoms with Crippen molar-refractivity contribution < 1.29 is 24.5 Å². The van der Waals surface area contributed by atoms with E-state index in [9.17, 15) is 14.7 Å². The lowest BCUT2D eigenvalue weighted by Crippen LogP contribution is -2.48. The Morgan fingerprint density at radius 2 is 2.06 bits per heavy atom. The lowest BCUT2D eigenvalue weighted by Gasteiger charge is -2.19. The van der Waals surface area contributed by atoms with E-state index in [-0.39, 0.29) is 13.0 Å². The summed E-state index contributed by atoms with van der Waals surface area (Å²) >= 11 is 0. The fourth-order valence-electron chi connectivity index (χ4n) is 1.27. The second-order valence-electron chi connectivity index (χ2n) is 3.64. The Labute approximate surface area is 99.9 Å². The van der Waals surface area contributed by atoms with Gasteiger partial charge in [-0.2, -0.15) is 0 Å². The van der Waals surface area contributed by atoms with Gasteiger partial charge >= 0.3 is 5.97 Å². The molecular formula is C10H20N2O5. The zero-order chi connectivity index (χ0) is 13.4. The maximum absolute atomic E-state index is 11.5. The van der Waals surface area contributed by atoms with E-state index in [1.165, 1.54) is 6.92 Å². The number of amides is 1. The van der Waals surface area contributed by atoms with E-state index in [4.69, 9.17) is 15.6 Å². The molecule has 100 valence electrons. The fourth-order valence-corrected chi connectivity index (χ4v) is 1.27. The van der Waals surface area contributed by atoms with E-state index in [1.807, 2.05) is 0 Å². The van der Waals surface area contributed by atoms with Crippen LogP contribution in [0.15, 0.2) is 0 Å². The SMILES string of the molecule is CCOC(CN)CC(=O)N[C@H](C(=O)O)[C@@H](C)O. The van der Waals surface area contributed by atoms with Gasteiger partial charge in [-0.05, 0) is 13.8 Å². The molecule has 7 heteroatoms. The van der Waals surface area contributed by atoms with Gasteiger partial charge in [0.1, 0.15) is 0 Å². The Balaban J connectivity index is 4.27. The molecule has 0 aliphatic heterocycles.